The molecule has 1 aromatic rings. The summed E-state index contributed by atoms with van der Waals surface area (Å²) in [5.74, 6) is 0. The van der Waals surface area contributed by atoms with Gasteiger partial charge in [-0.3, -0.25) is 0 Å². The molecule has 128 valence electrons. The molecular weight excluding hydrogens is 266 g/mol. The minimum Gasteiger partial charge on any atom is -0.399 e. The van der Waals surface area contributed by atoms with E-state index in [2.05, 4.69) is 13.8 Å². The van der Waals surface area contributed by atoms with Crippen molar-refractivity contribution < 1.29 is 0 Å². The third-order valence-electron chi connectivity index (χ3n) is 4.01. The summed E-state index contributed by atoms with van der Waals surface area (Å²) in [6, 6.07) is 9.49. The van der Waals surface area contributed by atoms with E-state index in [-0.39, 0.29) is 0 Å². The van der Waals surface area contributed by atoms with Crippen LogP contribution in [-0.4, -0.2) is 0 Å². The molecule has 22 heavy (non-hydrogen) atoms. The number of unbranched alkanes of at least 4 members (excludes halogenated alkanes) is 12. The van der Waals surface area contributed by atoms with Crippen molar-refractivity contribution in [3.05, 3.63) is 30.3 Å². The van der Waals surface area contributed by atoms with E-state index in [0.717, 1.165) is 5.69 Å². The van der Waals surface area contributed by atoms with Crippen LogP contribution in [0.5, 0.6) is 0 Å². The van der Waals surface area contributed by atoms with Gasteiger partial charge < -0.3 is 5.73 Å². The molecule has 1 rings (SSSR count). The Hall–Kier alpha value is -0.980. The Balaban J connectivity index is 0.000000518. The van der Waals surface area contributed by atoms with Gasteiger partial charge in [0.25, 0.3) is 0 Å². The fraction of sp³-hybridized carbons (Fsp3) is 0.714. The Morgan fingerprint density at radius 3 is 1.09 bits per heavy atom. The zero-order valence-electron chi connectivity index (χ0n) is 15.2. The van der Waals surface area contributed by atoms with Crippen molar-refractivity contribution in [2.45, 2.75) is 97.3 Å². The first-order valence-corrected chi connectivity index (χ1v) is 9.61. The molecule has 0 heterocycles. The van der Waals surface area contributed by atoms with Crippen LogP contribution in [0.25, 0.3) is 0 Å². The largest absolute Gasteiger partial charge is 0.399 e. The van der Waals surface area contributed by atoms with Crippen molar-refractivity contribution in [1.82, 2.24) is 0 Å². The molecule has 2 N–H and O–H groups in total. The second kappa shape index (κ2) is 18.1. The van der Waals surface area contributed by atoms with Crippen LogP contribution in [0, 0.1) is 0 Å². The highest BCUT2D eigenvalue weighted by Gasteiger charge is 1.92. The first-order valence-electron chi connectivity index (χ1n) is 9.61. The molecule has 0 atom stereocenters. The van der Waals surface area contributed by atoms with Gasteiger partial charge in [-0.05, 0) is 12.1 Å². The quantitative estimate of drug-likeness (QED) is 0.316. The smallest absolute Gasteiger partial charge is 0.0313 e. The Kier molecular flexibility index (Phi) is 17.3. The summed E-state index contributed by atoms with van der Waals surface area (Å²) >= 11 is 0. The first kappa shape index (κ1) is 21.0. The van der Waals surface area contributed by atoms with Crippen LogP contribution in [0.4, 0.5) is 5.69 Å². The summed E-state index contributed by atoms with van der Waals surface area (Å²) < 4.78 is 0. The Labute approximate surface area is 139 Å². The molecular formula is C21H39N. The number of para-hydroxylation sites is 1. The summed E-state index contributed by atoms with van der Waals surface area (Å²) in [7, 11) is 0. The zero-order chi connectivity index (χ0) is 16.3. The number of rotatable bonds is 12. The molecule has 0 aliphatic heterocycles. The summed E-state index contributed by atoms with van der Waals surface area (Å²) in [6.07, 6.45) is 18.9. The maximum Gasteiger partial charge on any atom is 0.0313 e. The number of hydrogen-bond acceptors (Lipinski definition) is 1. The third-order valence-corrected chi connectivity index (χ3v) is 4.01. The van der Waals surface area contributed by atoms with Gasteiger partial charge in [0.1, 0.15) is 0 Å². The van der Waals surface area contributed by atoms with Crippen molar-refractivity contribution in [3.8, 4) is 0 Å². The van der Waals surface area contributed by atoms with E-state index in [1.165, 1.54) is 83.5 Å². The Morgan fingerprint density at radius 1 is 0.545 bits per heavy atom. The van der Waals surface area contributed by atoms with Crippen molar-refractivity contribution in [2.75, 3.05) is 5.73 Å². The van der Waals surface area contributed by atoms with Crippen LogP contribution >= 0.6 is 0 Å². The van der Waals surface area contributed by atoms with Gasteiger partial charge in [-0.15, -0.1) is 0 Å². The molecule has 0 aliphatic rings. The lowest BCUT2D eigenvalue weighted by Crippen LogP contribution is -1.82. The van der Waals surface area contributed by atoms with Gasteiger partial charge in [-0.1, -0.05) is 116 Å². The highest BCUT2D eigenvalue weighted by molar-refractivity contribution is 5.35. The molecule has 0 fully saturated rings. The molecule has 0 saturated carbocycles. The van der Waals surface area contributed by atoms with E-state index in [9.17, 15) is 0 Å². The lowest BCUT2D eigenvalue weighted by molar-refractivity contribution is 0.542. The van der Waals surface area contributed by atoms with Gasteiger partial charge in [-0.25, -0.2) is 0 Å². The predicted molar refractivity (Wildman–Crippen MR) is 102 cm³/mol. The van der Waals surface area contributed by atoms with Gasteiger partial charge in [-0.2, -0.15) is 0 Å². The molecule has 1 nitrogen and oxygen atoms in total. The minimum atomic E-state index is 0.822. The third kappa shape index (κ3) is 17.1. The highest BCUT2D eigenvalue weighted by Crippen LogP contribution is 2.12. The van der Waals surface area contributed by atoms with Crippen LogP contribution < -0.4 is 5.73 Å². The van der Waals surface area contributed by atoms with Crippen LogP contribution in [0.1, 0.15) is 97.3 Å². The van der Waals surface area contributed by atoms with E-state index < -0.39 is 0 Å². The maximum absolute atomic E-state index is 5.36. The molecule has 0 aromatic heterocycles. The molecule has 0 saturated heterocycles. The van der Waals surface area contributed by atoms with Gasteiger partial charge in [0, 0.05) is 5.69 Å². The lowest BCUT2D eigenvalue weighted by Gasteiger charge is -2.01. The monoisotopic (exact) mass is 305 g/mol. The van der Waals surface area contributed by atoms with E-state index in [1.54, 1.807) is 0 Å². The average molecular weight is 306 g/mol. The van der Waals surface area contributed by atoms with Crippen LogP contribution in [0.2, 0.25) is 0 Å². The van der Waals surface area contributed by atoms with Crippen molar-refractivity contribution in [2.24, 2.45) is 0 Å². The topological polar surface area (TPSA) is 26.0 Å². The normalized spacial score (nSPS) is 10.1. The van der Waals surface area contributed by atoms with Crippen LogP contribution in [0.15, 0.2) is 30.3 Å². The van der Waals surface area contributed by atoms with Crippen molar-refractivity contribution in [1.29, 1.82) is 0 Å². The average Bonchev–Trinajstić information content (AvgIpc) is 2.54. The zero-order valence-corrected chi connectivity index (χ0v) is 15.2. The van der Waals surface area contributed by atoms with Gasteiger partial charge in [0.2, 0.25) is 0 Å². The van der Waals surface area contributed by atoms with Gasteiger partial charge in [0.05, 0.1) is 0 Å². The molecule has 0 amide bonds. The minimum absolute atomic E-state index is 0.822. The predicted octanol–water partition coefficient (Wildman–Crippen LogP) is 7.37. The van der Waals surface area contributed by atoms with E-state index in [0.29, 0.717) is 0 Å². The molecule has 1 aromatic carbocycles. The van der Waals surface area contributed by atoms with Crippen molar-refractivity contribution in [3.63, 3.8) is 0 Å². The fourth-order valence-corrected chi connectivity index (χ4v) is 2.54. The van der Waals surface area contributed by atoms with Crippen LogP contribution in [0.3, 0.4) is 0 Å². The van der Waals surface area contributed by atoms with Gasteiger partial charge >= 0.3 is 0 Å². The lowest BCUT2D eigenvalue weighted by atomic mass is 10.1. The number of nitrogens with two attached hydrogens (primary N) is 1. The molecule has 0 unspecified atom stereocenters. The fourth-order valence-electron chi connectivity index (χ4n) is 2.54. The van der Waals surface area contributed by atoms with E-state index in [1.807, 2.05) is 30.3 Å². The standard InChI is InChI=1S/C15H32.C6H7N/c1-3-5-7-9-11-13-15-14-12-10-8-6-4-2;7-6-4-2-1-3-5-6/h3-15H2,1-2H3;1-5H,7H2. The molecule has 1 heteroatoms. The van der Waals surface area contributed by atoms with E-state index >= 15 is 0 Å². The Bertz CT molecular complexity index is 282. The van der Waals surface area contributed by atoms with Crippen molar-refractivity contribution >= 4 is 5.69 Å². The summed E-state index contributed by atoms with van der Waals surface area (Å²) in [5.41, 5.74) is 6.18. The molecule has 0 aliphatic carbocycles. The summed E-state index contributed by atoms with van der Waals surface area (Å²) in [4.78, 5) is 0. The second-order valence-electron chi connectivity index (χ2n) is 6.30. The number of benzene rings is 1. The SMILES string of the molecule is CCCCCCCCCCCCCCC.Nc1ccccc1. The second-order valence-corrected chi connectivity index (χ2v) is 6.30. The first-order chi connectivity index (χ1) is 10.8. The Morgan fingerprint density at radius 2 is 0.864 bits per heavy atom. The van der Waals surface area contributed by atoms with E-state index in [4.69, 9.17) is 5.73 Å². The summed E-state index contributed by atoms with van der Waals surface area (Å²) in [5, 5.41) is 0. The number of hydrogen-bond donors (Lipinski definition) is 1. The molecule has 0 radical (unpaired) electrons. The molecule has 0 spiro atoms. The summed E-state index contributed by atoms with van der Waals surface area (Å²) in [6.45, 7) is 4.58. The van der Waals surface area contributed by atoms with Crippen LogP contribution in [-0.2, 0) is 0 Å². The number of nitrogen functional groups attached to an aromatic ring is 1. The molecule has 0 bridgehead atoms. The number of anilines is 1. The van der Waals surface area contributed by atoms with Gasteiger partial charge in [0.15, 0.2) is 0 Å². The maximum atomic E-state index is 5.36. The highest BCUT2D eigenvalue weighted by atomic mass is 14.5.